The number of carbonyl (C=O) groups excluding carboxylic acids is 1. The van der Waals surface area contributed by atoms with Crippen LogP contribution < -0.4 is 0 Å². The van der Waals surface area contributed by atoms with E-state index in [0.717, 1.165) is 0 Å². The van der Waals surface area contributed by atoms with Gasteiger partial charge in [-0.3, -0.25) is 4.79 Å². The van der Waals surface area contributed by atoms with Crippen LogP contribution in [0.5, 0.6) is 0 Å². The van der Waals surface area contributed by atoms with Crippen LogP contribution in [0.25, 0.3) is 0 Å². The van der Waals surface area contributed by atoms with Gasteiger partial charge in [0, 0.05) is 11.1 Å². The summed E-state index contributed by atoms with van der Waals surface area (Å²) >= 11 is 0. The summed E-state index contributed by atoms with van der Waals surface area (Å²) in [5.41, 5.74) is 1.40. The van der Waals surface area contributed by atoms with Gasteiger partial charge in [0.2, 0.25) is 0 Å². The molecular weight excluding hydrogens is 325 g/mol. The lowest BCUT2D eigenvalue weighted by Gasteiger charge is -2.07. The molecule has 0 aliphatic carbocycles. The van der Waals surface area contributed by atoms with Gasteiger partial charge in [-0.05, 0) is 48.0 Å². The Balaban J connectivity index is 0.00000200. The van der Waals surface area contributed by atoms with Crippen molar-refractivity contribution in [3.8, 4) is 6.07 Å². The molecule has 0 saturated heterocycles. The third-order valence-corrected chi connectivity index (χ3v) is 2.76. The number of benzene rings is 2. The van der Waals surface area contributed by atoms with Crippen molar-refractivity contribution in [3.63, 3.8) is 0 Å². The van der Waals surface area contributed by atoms with Crippen molar-refractivity contribution in [1.82, 2.24) is 0 Å². The second-order valence-electron chi connectivity index (χ2n) is 3.98. The number of aliphatic hydroxyl groups is 1. The molecule has 2 aromatic carbocycles. The average Bonchev–Trinajstić information content (AvgIpc) is 2.46. The lowest BCUT2D eigenvalue weighted by atomic mass is 9.97. The maximum atomic E-state index is 12.8. The van der Waals surface area contributed by atoms with Crippen LogP contribution in [0.3, 0.4) is 0 Å². The predicted octanol–water partition coefficient (Wildman–Crippen LogP) is 3.00. The second-order valence-corrected chi connectivity index (χ2v) is 3.98. The van der Waals surface area contributed by atoms with Gasteiger partial charge in [-0.1, -0.05) is 0 Å². The minimum absolute atomic E-state index is 0. The van der Waals surface area contributed by atoms with E-state index in [4.69, 9.17) is 5.26 Å². The fourth-order valence-electron chi connectivity index (χ4n) is 1.77. The van der Waals surface area contributed by atoms with Crippen LogP contribution in [-0.2, 0) is 6.61 Å². The molecule has 0 heterocycles. The topological polar surface area (TPSA) is 61.1 Å². The first-order valence-corrected chi connectivity index (χ1v) is 5.60. The summed E-state index contributed by atoms with van der Waals surface area (Å²) in [6.45, 7) is -0.336. The molecule has 0 fully saturated rings. The number of nitrogens with zero attached hydrogens (tertiary/aromatic N) is 1. The lowest BCUT2D eigenvalue weighted by Crippen LogP contribution is -2.06. The molecule has 0 aromatic heterocycles. The standard InChI is InChI=1S/C15H10FNO2.BrH/c16-13-4-2-11(3-5-13)15(19)14-6-1-10(8-17)7-12(14)9-18;/h1-7,18H,9H2;1H. The maximum Gasteiger partial charge on any atom is 0.193 e. The molecule has 2 aromatic rings. The zero-order chi connectivity index (χ0) is 13.8. The van der Waals surface area contributed by atoms with Crippen molar-refractivity contribution in [2.45, 2.75) is 6.61 Å². The molecule has 0 aliphatic heterocycles. The van der Waals surface area contributed by atoms with Crippen LogP contribution in [-0.4, -0.2) is 10.9 Å². The summed E-state index contributed by atoms with van der Waals surface area (Å²) in [7, 11) is 0. The van der Waals surface area contributed by atoms with Crippen LogP contribution in [0.1, 0.15) is 27.0 Å². The van der Waals surface area contributed by atoms with Crippen LogP contribution in [0, 0.1) is 17.1 Å². The van der Waals surface area contributed by atoms with Gasteiger partial charge >= 0.3 is 0 Å². The Labute approximate surface area is 126 Å². The zero-order valence-corrected chi connectivity index (χ0v) is 12.1. The number of aliphatic hydroxyl groups excluding tert-OH is 1. The number of rotatable bonds is 3. The van der Waals surface area contributed by atoms with E-state index < -0.39 is 5.82 Å². The minimum atomic E-state index is -0.418. The highest BCUT2D eigenvalue weighted by molar-refractivity contribution is 8.93. The zero-order valence-electron chi connectivity index (χ0n) is 10.3. The molecule has 0 amide bonds. The Morgan fingerprint density at radius 2 is 1.85 bits per heavy atom. The summed E-state index contributed by atoms with van der Waals surface area (Å²) in [5, 5.41) is 18.0. The number of ketones is 1. The summed E-state index contributed by atoms with van der Waals surface area (Å²) in [4.78, 5) is 12.2. The molecule has 3 nitrogen and oxygen atoms in total. The van der Waals surface area contributed by atoms with E-state index in [0.29, 0.717) is 22.3 Å². The molecule has 0 saturated carbocycles. The highest BCUT2D eigenvalue weighted by Crippen LogP contribution is 2.17. The number of hydrogen-bond acceptors (Lipinski definition) is 3. The summed E-state index contributed by atoms with van der Waals surface area (Å²) in [5.74, 6) is -0.729. The first-order valence-electron chi connectivity index (χ1n) is 5.60. The Morgan fingerprint density at radius 1 is 1.20 bits per heavy atom. The molecule has 5 heteroatoms. The highest BCUT2D eigenvalue weighted by Gasteiger charge is 2.13. The van der Waals surface area contributed by atoms with E-state index in [1.165, 1.54) is 42.5 Å². The van der Waals surface area contributed by atoms with Crippen molar-refractivity contribution in [3.05, 3.63) is 70.5 Å². The van der Waals surface area contributed by atoms with Gasteiger partial charge in [-0.15, -0.1) is 17.0 Å². The van der Waals surface area contributed by atoms with Crippen LogP contribution in [0.4, 0.5) is 4.39 Å². The van der Waals surface area contributed by atoms with Gasteiger partial charge in [0.1, 0.15) is 5.82 Å². The largest absolute Gasteiger partial charge is 0.392 e. The number of nitriles is 1. The first kappa shape index (κ1) is 16.0. The number of hydrogen-bond donors (Lipinski definition) is 1. The number of carbonyl (C=O) groups is 1. The Kier molecular flexibility index (Phi) is 5.56. The third-order valence-electron chi connectivity index (χ3n) is 2.76. The van der Waals surface area contributed by atoms with E-state index in [1.807, 2.05) is 6.07 Å². The smallest absolute Gasteiger partial charge is 0.193 e. The summed E-state index contributed by atoms with van der Waals surface area (Å²) in [6.07, 6.45) is 0. The van der Waals surface area contributed by atoms with Gasteiger partial charge in [0.25, 0.3) is 0 Å². The van der Waals surface area contributed by atoms with Crippen molar-refractivity contribution >= 4 is 22.8 Å². The van der Waals surface area contributed by atoms with Crippen LogP contribution in [0.2, 0.25) is 0 Å². The first-order chi connectivity index (χ1) is 9.15. The Bertz CT molecular complexity index is 663. The van der Waals surface area contributed by atoms with Crippen molar-refractivity contribution in [2.75, 3.05) is 0 Å². The van der Waals surface area contributed by atoms with Gasteiger partial charge in [-0.2, -0.15) is 5.26 Å². The molecule has 0 aliphatic rings. The van der Waals surface area contributed by atoms with Crippen LogP contribution in [0.15, 0.2) is 42.5 Å². The Hall–Kier alpha value is -2.03. The minimum Gasteiger partial charge on any atom is -0.392 e. The maximum absolute atomic E-state index is 12.8. The second kappa shape index (κ2) is 6.94. The average molecular weight is 336 g/mol. The Morgan fingerprint density at radius 3 is 2.40 bits per heavy atom. The molecular formula is C15H11BrFNO2. The van der Waals surface area contributed by atoms with Gasteiger partial charge in [0.05, 0.1) is 18.2 Å². The molecule has 1 N–H and O–H groups in total. The van der Waals surface area contributed by atoms with Gasteiger partial charge in [0.15, 0.2) is 5.78 Å². The van der Waals surface area contributed by atoms with Gasteiger partial charge < -0.3 is 5.11 Å². The fraction of sp³-hybridized carbons (Fsp3) is 0.0667. The third kappa shape index (κ3) is 3.29. The van der Waals surface area contributed by atoms with Gasteiger partial charge in [-0.25, -0.2) is 4.39 Å². The molecule has 20 heavy (non-hydrogen) atoms. The van der Waals surface area contributed by atoms with E-state index >= 15 is 0 Å². The van der Waals surface area contributed by atoms with Crippen molar-refractivity contribution in [1.29, 1.82) is 5.26 Å². The number of halogens is 2. The molecule has 0 spiro atoms. The lowest BCUT2D eigenvalue weighted by molar-refractivity contribution is 0.103. The highest BCUT2D eigenvalue weighted by atomic mass is 79.9. The van der Waals surface area contributed by atoms with E-state index in [-0.39, 0.29) is 29.4 Å². The molecule has 2 rings (SSSR count). The van der Waals surface area contributed by atoms with Crippen LogP contribution >= 0.6 is 17.0 Å². The molecule has 0 bridgehead atoms. The molecule has 0 radical (unpaired) electrons. The molecule has 0 atom stereocenters. The van der Waals surface area contributed by atoms with E-state index in [9.17, 15) is 14.3 Å². The van der Waals surface area contributed by atoms with E-state index in [1.54, 1.807) is 0 Å². The quantitative estimate of drug-likeness (QED) is 0.877. The van der Waals surface area contributed by atoms with E-state index in [2.05, 4.69) is 0 Å². The predicted molar refractivity (Wildman–Crippen MR) is 77.2 cm³/mol. The monoisotopic (exact) mass is 335 g/mol. The van der Waals surface area contributed by atoms with Crippen molar-refractivity contribution < 1.29 is 14.3 Å². The van der Waals surface area contributed by atoms with Crippen molar-refractivity contribution in [2.24, 2.45) is 0 Å². The molecule has 102 valence electrons. The normalized spacial score (nSPS) is 9.45. The molecule has 0 unspecified atom stereocenters. The summed E-state index contributed by atoms with van der Waals surface area (Å²) in [6, 6.07) is 11.6. The summed E-state index contributed by atoms with van der Waals surface area (Å²) < 4.78 is 12.8. The fourth-order valence-corrected chi connectivity index (χ4v) is 1.77. The SMILES string of the molecule is Br.N#Cc1ccc(C(=O)c2ccc(F)cc2)c(CO)c1.